The molecule has 0 aliphatic heterocycles. The van der Waals surface area contributed by atoms with Gasteiger partial charge in [0.25, 0.3) is 0 Å². The van der Waals surface area contributed by atoms with Crippen LogP contribution in [0.1, 0.15) is 11.4 Å². The van der Waals surface area contributed by atoms with Gasteiger partial charge in [-0.05, 0) is 18.2 Å². The lowest BCUT2D eigenvalue weighted by Crippen LogP contribution is -2.15. The fourth-order valence-electron chi connectivity index (χ4n) is 1.71. The predicted octanol–water partition coefficient (Wildman–Crippen LogP) is 1.48. The summed E-state index contributed by atoms with van der Waals surface area (Å²) in [5, 5.41) is 7.56. The third-order valence-electron chi connectivity index (χ3n) is 2.67. The number of aromatic nitrogens is 3. The fraction of sp³-hybridized carbons (Fsp3) is 0.417. The van der Waals surface area contributed by atoms with Gasteiger partial charge < -0.3 is 9.88 Å². The van der Waals surface area contributed by atoms with E-state index < -0.39 is 0 Å². The molecule has 0 aliphatic carbocycles. The molecule has 0 unspecified atom stereocenters. The van der Waals surface area contributed by atoms with Gasteiger partial charge in [-0.1, -0.05) is 0 Å². The molecule has 0 spiro atoms. The van der Waals surface area contributed by atoms with E-state index in [0.29, 0.717) is 13.1 Å². The van der Waals surface area contributed by atoms with E-state index >= 15 is 0 Å². The second kappa shape index (κ2) is 5.63. The predicted molar refractivity (Wildman–Crippen MR) is 64.2 cm³/mol. The van der Waals surface area contributed by atoms with E-state index in [-0.39, 0.29) is 6.67 Å². The molecule has 2 aromatic heterocycles. The SMILES string of the molecule is Cn1cccc1CNCc1ccn(CCF)n1. The Bertz CT molecular complexity index is 461. The Labute approximate surface area is 100 Å². The molecule has 0 aromatic carbocycles. The minimum atomic E-state index is -0.377. The van der Waals surface area contributed by atoms with Crippen LogP contribution >= 0.6 is 0 Å². The van der Waals surface area contributed by atoms with Gasteiger partial charge in [-0.25, -0.2) is 4.39 Å². The highest BCUT2D eigenvalue weighted by molar-refractivity contribution is 5.06. The summed E-state index contributed by atoms with van der Waals surface area (Å²) >= 11 is 0. The Morgan fingerprint density at radius 3 is 2.88 bits per heavy atom. The van der Waals surface area contributed by atoms with E-state index in [1.807, 2.05) is 25.4 Å². The van der Waals surface area contributed by atoms with Crippen LogP contribution in [0.25, 0.3) is 0 Å². The first-order valence-electron chi connectivity index (χ1n) is 5.69. The molecule has 0 radical (unpaired) electrons. The number of nitrogens with zero attached hydrogens (tertiary/aromatic N) is 3. The first-order valence-corrected chi connectivity index (χ1v) is 5.69. The normalized spacial score (nSPS) is 10.9. The highest BCUT2D eigenvalue weighted by atomic mass is 19.1. The van der Waals surface area contributed by atoms with Gasteiger partial charge in [-0.15, -0.1) is 0 Å². The summed E-state index contributed by atoms with van der Waals surface area (Å²) in [5.41, 5.74) is 2.17. The molecule has 0 fully saturated rings. The van der Waals surface area contributed by atoms with E-state index in [4.69, 9.17) is 0 Å². The van der Waals surface area contributed by atoms with E-state index in [1.165, 1.54) is 5.69 Å². The molecule has 0 amide bonds. The quantitative estimate of drug-likeness (QED) is 0.824. The van der Waals surface area contributed by atoms with Gasteiger partial charge in [0.05, 0.1) is 12.2 Å². The molecule has 0 bridgehead atoms. The van der Waals surface area contributed by atoms with Crippen molar-refractivity contribution in [2.45, 2.75) is 19.6 Å². The van der Waals surface area contributed by atoms with Gasteiger partial charge in [0.15, 0.2) is 0 Å². The van der Waals surface area contributed by atoms with Crippen molar-refractivity contribution in [2.24, 2.45) is 7.05 Å². The smallest absolute Gasteiger partial charge is 0.109 e. The molecule has 5 heteroatoms. The van der Waals surface area contributed by atoms with Crippen molar-refractivity contribution in [3.8, 4) is 0 Å². The van der Waals surface area contributed by atoms with E-state index in [0.717, 1.165) is 12.2 Å². The molecule has 1 N–H and O–H groups in total. The fourth-order valence-corrected chi connectivity index (χ4v) is 1.71. The summed E-state index contributed by atoms with van der Waals surface area (Å²) in [7, 11) is 2.02. The van der Waals surface area contributed by atoms with Crippen molar-refractivity contribution in [3.05, 3.63) is 42.0 Å². The maximum absolute atomic E-state index is 12.1. The van der Waals surface area contributed by atoms with Gasteiger partial charge in [0.1, 0.15) is 6.67 Å². The Hall–Kier alpha value is -1.62. The molecule has 2 aromatic rings. The van der Waals surface area contributed by atoms with Gasteiger partial charge in [0.2, 0.25) is 0 Å². The number of rotatable bonds is 6. The van der Waals surface area contributed by atoms with Crippen molar-refractivity contribution >= 4 is 0 Å². The van der Waals surface area contributed by atoms with E-state index in [2.05, 4.69) is 21.0 Å². The Morgan fingerprint density at radius 1 is 1.29 bits per heavy atom. The van der Waals surface area contributed by atoms with Crippen LogP contribution in [-0.2, 0) is 26.7 Å². The van der Waals surface area contributed by atoms with Gasteiger partial charge in [-0.2, -0.15) is 5.10 Å². The second-order valence-electron chi connectivity index (χ2n) is 3.97. The minimum absolute atomic E-state index is 0.331. The van der Waals surface area contributed by atoms with E-state index in [1.54, 1.807) is 10.9 Å². The summed E-state index contributed by atoms with van der Waals surface area (Å²) < 4.78 is 15.8. The largest absolute Gasteiger partial charge is 0.353 e. The molecule has 2 heterocycles. The summed E-state index contributed by atoms with van der Waals surface area (Å²) in [6.45, 7) is 1.46. The Morgan fingerprint density at radius 2 is 2.18 bits per heavy atom. The third kappa shape index (κ3) is 3.17. The van der Waals surface area contributed by atoms with Crippen LogP contribution in [0.2, 0.25) is 0 Å². The maximum Gasteiger partial charge on any atom is 0.109 e. The lowest BCUT2D eigenvalue weighted by atomic mass is 10.4. The lowest BCUT2D eigenvalue weighted by molar-refractivity contribution is 0.425. The Balaban J connectivity index is 1.80. The zero-order valence-corrected chi connectivity index (χ0v) is 9.93. The van der Waals surface area contributed by atoms with Crippen LogP contribution in [0.4, 0.5) is 4.39 Å². The topological polar surface area (TPSA) is 34.8 Å². The average Bonchev–Trinajstić information content (AvgIpc) is 2.90. The maximum atomic E-state index is 12.1. The summed E-state index contributed by atoms with van der Waals surface area (Å²) in [6, 6.07) is 6.01. The number of hydrogen-bond donors (Lipinski definition) is 1. The van der Waals surface area contributed by atoms with Gasteiger partial charge in [-0.3, -0.25) is 4.68 Å². The third-order valence-corrected chi connectivity index (χ3v) is 2.67. The summed E-state index contributed by atoms with van der Waals surface area (Å²) in [6.07, 6.45) is 3.83. The molecule has 17 heavy (non-hydrogen) atoms. The molecule has 2 rings (SSSR count). The average molecular weight is 236 g/mol. The van der Waals surface area contributed by atoms with Crippen molar-refractivity contribution in [1.29, 1.82) is 0 Å². The minimum Gasteiger partial charge on any atom is -0.353 e. The molecule has 0 atom stereocenters. The van der Waals surface area contributed by atoms with Crippen LogP contribution < -0.4 is 5.32 Å². The van der Waals surface area contributed by atoms with Crippen LogP contribution in [0.15, 0.2) is 30.6 Å². The molecule has 92 valence electrons. The first-order chi connectivity index (χ1) is 8.29. The summed E-state index contributed by atoms with van der Waals surface area (Å²) in [5.74, 6) is 0. The Kier molecular flexibility index (Phi) is 3.93. The van der Waals surface area contributed by atoms with Crippen LogP contribution in [-0.4, -0.2) is 21.0 Å². The molecule has 0 saturated heterocycles. The highest BCUT2D eigenvalue weighted by Crippen LogP contribution is 2.00. The van der Waals surface area contributed by atoms with Crippen molar-refractivity contribution in [3.63, 3.8) is 0 Å². The molecule has 0 saturated carbocycles. The van der Waals surface area contributed by atoms with Crippen molar-refractivity contribution < 1.29 is 4.39 Å². The van der Waals surface area contributed by atoms with Crippen LogP contribution in [0.5, 0.6) is 0 Å². The summed E-state index contributed by atoms with van der Waals surface area (Å²) in [4.78, 5) is 0. The van der Waals surface area contributed by atoms with Gasteiger partial charge in [0, 0.05) is 38.2 Å². The number of nitrogens with one attached hydrogen (secondary N) is 1. The molecule has 4 nitrogen and oxygen atoms in total. The lowest BCUT2D eigenvalue weighted by Gasteiger charge is -2.04. The van der Waals surface area contributed by atoms with Crippen molar-refractivity contribution in [1.82, 2.24) is 19.7 Å². The zero-order chi connectivity index (χ0) is 12.1. The monoisotopic (exact) mass is 236 g/mol. The van der Waals surface area contributed by atoms with Crippen molar-refractivity contribution in [2.75, 3.05) is 6.67 Å². The van der Waals surface area contributed by atoms with Gasteiger partial charge >= 0.3 is 0 Å². The second-order valence-corrected chi connectivity index (χ2v) is 3.97. The zero-order valence-electron chi connectivity index (χ0n) is 9.93. The number of hydrogen-bond acceptors (Lipinski definition) is 2. The molecular formula is C12H17FN4. The van der Waals surface area contributed by atoms with Crippen LogP contribution in [0.3, 0.4) is 0 Å². The highest BCUT2D eigenvalue weighted by Gasteiger charge is 2.00. The first kappa shape index (κ1) is 11.9. The van der Waals surface area contributed by atoms with E-state index in [9.17, 15) is 4.39 Å². The number of alkyl halides is 1. The standard InChI is InChI=1S/C12H17FN4/c1-16-6-2-3-12(16)10-14-9-11-4-7-17(15-11)8-5-13/h2-4,6-7,14H,5,8-10H2,1H3. The molecular weight excluding hydrogens is 219 g/mol. The van der Waals surface area contributed by atoms with Crippen LogP contribution in [0, 0.1) is 0 Å². The number of aryl methyl sites for hydroxylation is 2. The number of halogens is 1. The molecule has 0 aliphatic rings.